The number of hydrogen-bond donors (Lipinski definition) is 5. The number of hydrogen-bond acceptors (Lipinski definition) is 13. The minimum Gasteiger partial charge on any atom is -0.459 e. The zero-order valence-corrected chi connectivity index (χ0v) is 48.5. The number of esters is 1. The quantitative estimate of drug-likeness (QED) is 0.245. The van der Waals surface area contributed by atoms with Crippen molar-refractivity contribution < 1.29 is 191 Å². The van der Waals surface area contributed by atoms with E-state index in [4.69, 9.17) is 23.7 Å². The molecule has 3 saturated heterocycles. The minimum absolute atomic E-state index is 0. The molecule has 3 aliphatic rings. The first-order valence-corrected chi connectivity index (χ1v) is 18.4. The van der Waals surface area contributed by atoms with Crippen molar-refractivity contribution in [2.75, 3.05) is 14.1 Å². The normalized spacial score (nSPS) is 45.8. The Hall–Kier alpha value is 3.06. The Bertz CT molecular complexity index is 1160. The van der Waals surface area contributed by atoms with E-state index in [0.717, 1.165) is 0 Å². The molecule has 13 nitrogen and oxygen atoms in total. The summed E-state index contributed by atoms with van der Waals surface area (Å²) in [5, 5.41) is 57.5. The van der Waals surface area contributed by atoms with Crippen LogP contribution >= 0.6 is 0 Å². The van der Waals surface area contributed by atoms with Crippen LogP contribution in [0.25, 0.3) is 0 Å². The van der Waals surface area contributed by atoms with Crippen LogP contribution in [0, 0.1) is 161 Å². The molecule has 53 heavy (non-hydrogen) atoms. The maximum atomic E-state index is 14.0. The van der Waals surface area contributed by atoms with Gasteiger partial charge < -0.3 is 54.1 Å². The molecule has 301 valence electrons. The summed E-state index contributed by atoms with van der Waals surface area (Å²) in [6.07, 6.45) is -8.84. The summed E-state index contributed by atoms with van der Waals surface area (Å²) in [6.45, 7) is 18.6. The van der Waals surface area contributed by atoms with Crippen LogP contribution in [0.1, 0.15) is 102 Å². The largest absolute Gasteiger partial charge is 0.459 e. The van der Waals surface area contributed by atoms with Crippen LogP contribution in [0.4, 0.5) is 0 Å². The molecule has 3 radical (unpaired) electrons. The molecule has 3 heterocycles. The van der Waals surface area contributed by atoms with E-state index in [1.165, 1.54) is 20.8 Å². The van der Waals surface area contributed by atoms with Crippen molar-refractivity contribution in [3.05, 3.63) is 0 Å². The number of carbonyl (C=O) groups excluding carboxylic acids is 2. The molecule has 16 heteroatoms. The number of Topliss-reactive ketones (excluding diaryl/α,β-unsaturated/α-hetero) is 1. The summed E-state index contributed by atoms with van der Waals surface area (Å²) < 4.78 is 31.4. The van der Waals surface area contributed by atoms with E-state index in [1.807, 2.05) is 39.8 Å². The number of ketones is 1. The number of carbonyl (C=O) groups is 2. The molecule has 0 amide bonds. The maximum absolute atomic E-state index is 14.0. The minimum atomic E-state index is -1.98. The Morgan fingerprint density at radius 1 is 0.830 bits per heavy atom. The molecule has 17 atom stereocenters. The predicted octanol–water partition coefficient (Wildman–Crippen LogP) is 2.41. The van der Waals surface area contributed by atoms with Crippen molar-refractivity contribution >= 4 is 11.8 Å². The van der Waals surface area contributed by atoms with Crippen molar-refractivity contribution in [2.45, 2.75) is 181 Å². The van der Waals surface area contributed by atoms with E-state index >= 15 is 0 Å². The van der Waals surface area contributed by atoms with Crippen LogP contribution in [0.5, 0.6) is 0 Å². The number of ether oxygens (including phenoxy) is 5. The summed E-state index contributed by atoms with van der Waals surface area (Å²) in [4.78, 5) is 29.7. The fraction of sp³-hybridized carbons (Fsp3) is 0.946. The molecule has 3 aliphatic heterocycles. The fourth-order valence-corrected chi connectivity index (χ4v) is 8.44. The van der Waals surface area contributed by atoms with Gasteiger partial charge in [-0.3, -0.25) is 9.59 Å². The van der Waals surface area contributed by atoms with Crippen LogP contribution in [0.3, 0.4) is 0 Å². The van der Waals surface area contributed by atoms with Gasteiger partial charge in [0.1, 0.15) is 23.6 Å². The van der Waals surface area contributed by atoms with Gasteiger partial charge in [0, 0.05) is 162 Å². The smallest absolute Gasteiger partial charge is 0.311 e. The third-order valence-corrected chi connectivity index (χ3v) is 11.7. The molecule has 0 unspecified atom stereocenters. The van der Waals surface area contributed by atoms with Gasteiger partial charge in [-0.1, -0.05) is 41.5 Å². The topological polar surface area (TPSA) is 185 Å². The monoisotopic (exact) mass is 1400 g/mol. The molecular formula is C37H67Ac3NO12. The van der Waals surface area contributed by atoms with Crippen LogP contribution < -0.4 is 0 Å². The van der Waals surface area contributed by atoms with Crippen LogP contribution in [-0.2, 0) is 33.3 Å². The maximum Gasteiger partial charge on any atom is 0.311 e. The second-order valence-electron chi connectivity index (χ2n) is 16.9. The number of cyclic esters (lactones) is 1. The van der Waals surface area contributed by atoms with Crippen molar-refractivity contribution in [3.8, 4) is 0 Å². The second kappa shape index (κ2) is 22.8. The van der Waals surface area contributed by atoms with Gasteiger partial charge in [-0.2, -0.15) is 0 Å². The van der Waals surface area contributed by atoms with Gasteiger partial charge in [0.25, 0.3) is 0 Å². The predicted molar refractivity (Wildman–Crippen MR) is 185 cm³/mol. The average Bonchev–Trinajstić information content (AvgIpc) is 3.01. The van der Waals surface area contributed by atoms with Crippen molar-refractivity contribution in [1.82, 2.24) is 4.90 Å². The standard InChI is InChI=1S/C37H67NO12.3Ac/c1-14-25-37(11,45)30(41)20(4)27(39)18(2)16-36(10,44)32(50-34-28(40)24(38(12)13)15-19(3)46-34)21(5)29(22(6)33(43)48-25)49-26-17-35(8,9)31(42)23(7)47-26;;;/h18-26,28-32,34,40-42,44-45H,14-17H2,1-13H3;;;/t18-,19-,20+,21+,22-,23+,24+,25-,26+,28-,29+,30-,31+,32-,34+,36-,37-;;;/m1.../s1. The first-order chi connectivity index (χ1) is 22.9. The zero-order valence-electron chi connectivity index (χ0n) is 34.3. The van der Waals surface area contributed by atoms with Gasteiger partial charge in [0.2, 0.25) is 0 Å². The van der Waals surface area contributed by atoms with Gasteiger partial charge >= 0.3 is 5.97 Å². The molecule has 3 rings (SSSR count). The molecule has 0 aliphatic carbocycles. The number of nitrogens with zero attached hydrogens (tertiary/aromatic N) is 1. The molecule has 0 bridgehead atoms. The summed E-state index contributed by atoms with van der Waals surface area (Å²) in [6, 6.07) is -0.309. The molecule has 3 fully saturated rings. The number of likely N-dealkylation sites (N-methyl/N-ethyl adjacent to an activating group) is 1. The summed E-state index contributed by atoms with van der Waals surface area (Å²) >= 11 is 0. The Morgan fingerprint density at radius 3 is 1.91 bits per heavy atom. The van der Waals surface area contributed by atoms with Gasteiger partial charge in [0.05, 0.1) is 48.1 Å². The van der Waals surface area contributed by atoms with E-state index < -0.39 is 107 Å². The summed E-state index contributed by atoms with van der Waals surface area (Å²) in [5.41, 5.74) is -4.34. The molecule has 0 aromatic heterocycles. The first-order valence-electron chi connectivity index (χ1n) is 18.4. The summed E-state index contributed by atoms with van der Waals surface area (Å²) in [7, 11) is 3.71. The van der Waals surface area contributed by atoms with Gasteiger partial charge in [-0.15, -0.1) is 0 Å². The number of aliphatic hydroxyl groups excluding tert-OH is 3. The third-order valence-electron chi connectivity index (χ3n) is 11.7. The van der Waals surface area contributed by atoms with Crippen molar-refractivity contribution in [1.29, 1.82) is 0 Å². The van der Waals surface area contributed by atoms with Crippen LogP contribution in [0.2, 0.25) is 0 Å². The Labute approximate surface area is 425 Å². The van der Waals surface area contributed by atoms with Crippen LogP contribution in [0.15, 0.2) is 0 Å². The first kappa shape index (κ1) is 56.1. The molecule has 0 aromatic carbocycles. The van der Waals surface area contributed by atoms with E-state index in [9.17, 15) is 35.1 Å². The van der Waals surface area contributed by atoms with E-state index in [2.05, 4.69) is 0 Å². The Balaban J connectivity index is 0.00000901. The Morgan fingerprint density at radius 2 is 1.40 bits per heavy atom. The van der Waals surface area contributed by atoms with Crippen molar-refractivity contribution in [2.24, 2.45) is 29.1 Å². The zero-order chi connectivity index (χ0) is 38.3. The average molecular weight is 1400 g/mol. The number of aliphatic hydroxyl groups is 5. The molecule has 0 saturated carbocycles. The Kier molecular flexibility index (Phi) is 24.1. The number of rotatable bonds is 6. The molecule has 0 aromatic rings. The molecular weight excluding hydrogens is 1330 g/mol. The van der Waals surface area contributed by atoms with E-state index in [1.54, 1.807) is 34.6 Å². The summed E-state index contributed by atoms with van der Waals surface area (Å²) in [5.74, 6) is -4.83. The van der Waals surface area contributed by atoms with Crippen molar-refractivity contribution in [3.63, 3.8) is 0 Å². The van der Waals surface area contributed by atoms with E-state index in [0.29, 0.717) is 12.8 Å². The SMILES string of the molecule is CC[C@H]1OC(=O)[C@H](C)[C@@H](O[C@H]2CC(C)(C)[C@@H](O)[C@H](C)O2)[C@H](C)[C@@H](O[C@@H]2O[C@H](C)C[C@H](N(C)C)[C@H]2O)[C@](C)(O)C[C@@H](C)C(=O)[C@H](C)[C@@H](O)[C@]1(C)O.[Ac].[Ac].[Ac]. The fourth-order valence-electron chi connectivity index (χ4n) is 8.44. The third kappa shape index (κ3) is 13.5. The molecule has 5 N–H and O–H groups in total. The van der Waals surface area contributed by atoms with E-state index in [-0.39, 0.29) is 157 Å². The molecule has 0 spiro atoms. The van der Waals surface area contributed by atoms with Gasteiger partial charge in [-0.05, 0) is 73.4 Å². The van der Waals surface area contributed by atoms with Crippen LogP contribution in [-0.4, -0.2) is 135 Å². The van der Waals surface area contributed by atoms with Gasteiger partial charge in [0.15, 0.2) is 12.6 Å². The second-order valence-corrected chi connectivity index (χ2v) is 16.9. The van der Waals surface area contributed by atoms with Gasteiger partial charge in [-0.25, -0.2) is 0 Å².